The van der Waals surface area contributed by atoms with Crippen molar-refractivity contribution in [2.45, 2.75) is 25.6 Å². The monoisotopic (exact) mass is 361 g/mol. The highest BCUT2D eigenvalue weighted by Crippen LogP contribution is 2.16. The summed E-state index contributed by atoms with van der Waals surface area (Å²) in [4.78, 5) is 2.30. The number of ether oxygens (including phenoxy) is 1. The number of aliphatic hydroxyl groups is 1. The maximum Gasteiger partial charge on any atom is 0.118 e. The molecule has 0 saturated carbocycles. The third-order valence-electron chi connectivity index (χ3n) is 4.60. The predicted molar refractivity (Wildman–Crippen MR) is 110 cm³/mol. The first-order chi connectivity index (χ1) is 13.2. The van der Waals surface area contributed by atoms with Crippen LogP contribution in [0.25, 0.3) is 0 Å². The average Bonchev–Trinajstić information content (AvgIpc) is 2.70. The Morgan fingerprint density at radius 2 is 1.26 bits per heavy atom. The maximum atomic E-state index is 10.6. The van der Waals surface area contributed by atoms with Crippen molar-refractivity contribution < 1.29 is 9.84 Å². The molecule has 1 N–H and O–H groups in total. The Hall–Kier alpha value is -2.62. The van der Waals surface area contributed by atoms with Gasteiger partial charge < -0.3 is 9.84 Å². The largest absolute Gasteiger partial charge is 0.497 e. The molecule has 0 spiro atoms. The van der Waals surface area contributed by atoms with E-state index in [0.29, 0.717) is 13.0 Å². The standard InChI is InChI=1S/C24H27NO2/c1-27-24-14-12-22(13-15-24)18-25(17-21-10-6-3-7-11-21)19-23(26)16-20-8-4-2-5-9-20/h2-15,23,26H,16-19H2,1H3/t23-/m0/s1. The molecule has 3 heteroatoms. The van der Waals surface area contributed by atoms with Crippen LogP contribution in [0.3, 0.4) is 0 Å². The van der Waals surface area contributed by atoms with E-state index in [1.54, 1.807) is 7.11 Å². The summed E-state index contributed by atoms with van der Waals surface area (Å²) in [5, 5.41) is 10.6. The molecular formula is C24H27NO2. The molecule has 0 bridgehead atoms. The van der Waals surface area contributed by atoms with Crippen LogP contribution in [0, 0.1) is 0 Å². The second-order valence-corrected chi connectivity index (χ2v) is 6.85. The highest BCUT2D eigenvalue weighted by Gasteiger charge is 2.14. The highest BCUT2D eigenvalue weighted by molar-refractivity contribution is 5.27. The highest BCUT2D eigenvalue weighted by atomic mass is 16.5. The summed E-state index contributed by atoms with van der Waals surface area (Å²) in [7, 11) is 1.68. The van der Waals surface area contributed by atoms with Gasteiger partial charge in [-0.25, -0.2) is 0 Å². The summed E-state index contributed by atoms with van der Waals surface area (Å²) in [6, 6.07) is 28.7. The van der Waals surface area contributed by atoms with Crippen LogP contribution in [-0.4, -0.2) is 29.8 Å². The smallest absolute Gasteiger partial charge is 0.118 e. The van der Waals surface area contributed by atoms with Crippen LogP contribution in [-0.2, 0) is 19.5 Å². The van der Waals surface area contributed by atoms with Crippen molar-refractivity contribution in [3.63, 3.8) is 0 Å². The lowest BCUT2D eigenvalue weighted by Gasteiger charge is -2.25. The topological polar surface area (TPSA) is 32.7 Å². The van der Waals surface area contributed by atoms with Crippen molar-refractivity contribution in [2.75, 3.05) is 13.7 Å². The number of rotatable bonds is 9. The molecule has 140 valence electrons. The molecule has 0 unspecified atom stereocenters. The lowest BCUT2D eigenvalue weighted by molar-refractivity contribution is 0.104. The van der Waals surface area contributed by atoms with Crippen molar-refractivity contribution >= 4 is 0 Å². The maximum absolute atomic E-state index is 10.6. The van der Waals surface area contributed by atoms with Gasteiger partial charge in [0.1, 0.15) is 5.75 Å². The Labute approximate surface area is 161 Å². The summed E-state index contributed by atoms with van der Waals surface area (Å²) >= 11 is 0. The van der Waals surface area contributed by atoms with Gasteiger partial charge in [0, 0.05) is 19.6 Å². The van der Waals surface area contributed by atoms with Crippen molar-refractivity contribution in [1.82, 2.24) is 4.90 Å². The van der Waals surface area contributed by atoms with E-state index in [0.717, 1.165) is 24.4 Å². The third kappa shape index (κ3) is 6.24. The molecular weight excluding hydrogens is 334 g/mol. The van der Waals surface area contributed by atoms with Crippen LogP contribution < -0.4 is 4.74 Å². The second-order valence-electron chi connectivity index (χ2n) is 6.85. The van der Waals surface area contributed by atoms with E-state index in [2.05, 4.69) is 53.4 Å². The zero-order valence-corrected chi connectivity index (χ0v) is 15.8. The molecule has 3 rings (SSSR count). The molecule has 0 aliphatic rings. The molecule has 3 aromatic rings. The summed E-state index contributed by atoms with van der Waals surface area (Å²) in [6.45, 7) is 2.21. The Kier molecular flexibility index (Phi) is 7.03. The van der Waals surface area contributed by atoms with Crippen LogP contribution in [0.2, 0.25) is 0 Å². The molecule has 0 amide bonds. The third-order valence-corrected chi connectivity index (χ3v) is 4.60. The van der Waals surface area contributed by atoms with Gasteiger partial charge in [0.2, 0.25) is 0 Å². The van der Waals surface area contributed by atoms with Gasteiger partial charge in [0.05, 0.1) is 13.2 Å². The Morgan fingerprint density at radius 3 is 1.81 bits per heavy atom. The van der Waals surface area contributed by atoms with Crippen LogP contribution in [0.5, 0.6) is 5.75 Å². The first-order valence-corrected chi connectivity index (χ1v) is 9.34. The lowest BCUT2D eigenvalue weighted by atomic mass is 10.1. The summed E-state index contributed by atoms with van der Waals surface area (Å²) in [5.74, 6) is 0.859. The fourth-order valence-electron chi connectivity index (χ4n) is 3.26. The first-order valence-electron chi connectivity index (χ1n) is 9.34. The number of hydrogen-bond acceptors (Lipinski definition) is 3. The molecule has 0 aromatic heterocycles. The van der Waals surface area contributed by atoms with Gasteiger partial charge in [-0.3, -0.25) is 4.90 Å². The van der Waals surface area contributed by atoms with Crippen molar-refractivity contribution in [3.8, 4) is 5.75 Å². The summed E-state index contributed by atoms with van der Waals surface area (Å²) < 4.78 is 5.25. The van der Waals surface area contributed by atoms with E-state index in [4.69, 9.17) is 4.74 Å². The number of benzene rings is 3. The van der Waals surface area contributed by atoms with Gasteiger partial charge in [-0.1, -0.05) is 72.8 Å². The van der Waals surface area contributed by atoms with Gasteiger partial charge in [0.25, 0.3) is 0 Å². The number of aliphatic hydroxyl groups excluding tert-OH is 1. The first kappa shape index (κ1) is 19.2. The van der Waals surface area contributed by atoms with E-state index in [1.165, 1.54) is 11.1 Å². The molecule has 0 aliphatic carbocycles. The zero-order valence-electron chi connectivity index (χ0n) is 15.8. The van der Waals surface area contributed by atoms with Gasteiger partial charge in [-0.2, -0.15) is 0 Å². The van der Waals surface area contributed by atoms with Crippen molar-refractivity contribution in [2.24, 2.45) is 0 Å². The minimum atomic E-state index is -0.408. The fourth-order valence-corrected chi connectivity index (χ4v) is 3.26. The molecule has 1 atom stereocenters. The van der Waals surface area contributed by atoms with Crippen molar-refractivity contribution in [3.05, 3.63) is 102 Å². The van der Waals surface area contributed by atoms with Gasteiger partial charge in [-0.15, -0.1) is 0 Å². The summed E-state index contributed by atoms with van der Waals surface area (Å²) in [5.41, 5.74) is 3.62. The zero-order chi connectivity index (χ0) is 18.9. The number of methoxy groups -OCH3 is 1. The molecule has 0 saturated heterocycles. The van der Waals surface area contributed by atoms with E-state index >= 15 is 0 Å². The van der Waals surface area contributed by atoms with Gasteiger partial charge in [0.15, 0.2) is 0 Å². The van der Waals surface area contributed by atoms with Gasteiger partial charge in [-0.05, 0) is 35.2 Å². The van der Waals surface area contributed by atoms with Crippen molar-refractivity contribution in [1.29, 1.82) is 0 Å². The Morgan fingerprint density at radius 1 is 0.741 bits per heavy atom. The Bertz CT molecular complexity index is 788. The Balaban J connectivity index is 1.68. The molecule has 0 aliphatic heterocycles. The predicted octanol–water partition coefficient (Wildman–Crippen LogP) is 4.30. The van der Waals surface area contributed by atoms with Gasteiger partial charge >= 0.3 is 0 Å². The van der Waals surface area contributed by atoms with Crippen LogP contribution >= 0.6 is 0 Å². The molecule has 0 radical (unpaired) electrons. The molecule has 0 heterocycles. The second kappa shape index (κ2) is 9.91. The number of nitrogens with zero attached hydrogens (tertiary/aromatic N) is 1. The fraction of sp³-hybridized carbons (Fsp3) is 0.250. The number of hydrogen-bond donors (Lipinski definition) is 1. The molecule has 3 aromatic carbocycles. The minimum absolute atomic E-state index is 0.408. The molecule has 3 nitrogen and oxygen atoms in total. The van der Waals surface area contributed by atoms with E-state index in [-0.39, 0.29) is 0 Å². The quantitative estimate of drug-likeness (QED) is 0.617. The van der Waals surface area contributed by atoms with Crippen LogP contribution in [0.1, 0.15) is 16.7 Å². The molecule has 0 fully saturated rings. The van der Waals surface area contributed by atoms with E-state index < -0.39 is 6.10 Å². The van der Waals surface area contributed by atoms with Crippen LogP contribution in [0.4, 0.5) is 0 Å². The van der Waals surface area contributed by atoms with E-state index in [1.807, 2.05) is 36.4 Å². The molecule has 27 heavy (non-hydrogen) atoms. The lowest BCUT2D eigenvalue weighted by Crippen LogP contribution is -2.33. The minimum Gasteiger partial charge on any atom is -0.497 e. The van der Waals surface area contributed by atoms with Crippen LogP contribution in [0.15, 0.2) is 84.9 Å². The van der Waals surface area contributed by atoms with E-state index in [9.17, 15) is 5.11 Å². The summed E-state index contributed by atoms with van der Waals surface area (Å²) in [6.07, 6.45) is 0.253. The normalized spacial score (nSPS) is 12.1. The average molecular weight is 361 g/mol. The SMILES string of the molecule is COc1ccc(CN(Cc2ccccc2)C[C@@H](O)Cc2ccccc2)cc1.